The maximum absolute atomic E-state index is 12.8. The van der Waals surface area contributed by atoms with E-state index in [0.717, 1.165) is 19.3 Å². The molecular weight excluding hydrogens is 432 g/mol. The number of ether oxygens (including phenoxy) is 1. The monoisotopic (exact) mass is 454 g/mol. The second-order valence-corrected chi connectivity index (χ2v) is 8.76. The first-order valence-electron chi connectivity index (χ1n) is 10.5. The van der Waals surface area contributed by atoms with Gasteiger partial charge in [-0.3, -0.25) is 19.3 Å². The molecule has 1 saturated heterocycles. The molecule has 2 aliphatic rings. The number of amides is 3. The number of esters is 1. The van der Waals surface area contributed by atoms with Gasteiger partial charge in [-0.15, -0.1) is 0 Å². The lowest BCUT2D eigenvalue weighted by Crippen LogP contribution is -2.30. The smallest absolute Gasteiger partial charge is 0.338 e. The third kappa shape index (κ3) is 4.53. The number of hydrogen-bond acceptors (Lipinski definition) is 5. The maximum Gasteiger partial charge on any atom is 0.338 e. The average Bonchev–Trinajstić information content (AvgIpc) is 3.03. The molecule has 2 aromatic rings. The highest BCUT2D eigenvalue weighted by Crippen LogP contribution is 2.42. The Morgan fingerprint density at radius 1 is 1.00 bits per heavy atom. The van der Waals surface area contributed by atoms with Crippen molar-refractivity contribution in [1.29, 1.82) is 0 Å². The van der Waals surface area contributed by atoms with E-state index in [2.05, 4.69) is 12.2 Å². The van der Waals surface area contributed by atoms with Gasteiger partial charge in [0.25, 0.3) is 5.91 Å². The van der Waals surface area contributed by atoms with Gasteiger partial charge in [0.1, 0.15) is 0 Å². The minimum atomic E-state index is -0.677. The maximum atomic E-state index is 12.8. The van der Waals surface area contributed by atoms with Crippen LogP contribution in [0.4, 0.5) is 11.4 Å². The number of imide groups is 1. The lowest BCUT2D eigenvalue weighted by Gasteiger charge is -2.25. The van der Waals surface area contributed by atoms with Crippen LogP contribution in [0.3, 0.4) is 0 Å². The number of halogens is 1. The van der Waals surface area contributed by atoms with E-state index in [9.17, 15) is 19.2 Å². The van der Waals surface area contributed by atoms with Crippen LogP contribution in [0.15, 0.2) is 48.5 Å². The fourth-order valence-corrected chi connectivity index (χ4v) is 4.46. The molecule has 1 N–H and O–H groups in total. The van der Waals surface area contributed by atoms with Crippen LogP contribution in [0.1, 0.15) is 36.5 Å². The SMILES string of the molecule is C[C@@H]1CC[C@H]2C(=O)N(c3ccc(C(=O)OCC(=O)Nc4ccc(Cl)cc4)cc3)C(=O)[C@@H]2C1. The summed E-state index contributed by atoms with van der Waals surface area (Å²) in [5, 5.41) is 3.15. The quantitative estimate of drug-likeness (QED) is 0.543. The van der Waals surface area contributed by atoms with Crippen LogP contribution in [0, 0.1) is 17.8 Å². The lowest BCUT2D eigenvalue weighted by atomic mass is 9.76. The Morgan fingerprint density at radius 2 is 1.66 bits per heavy atom. The number of benzene rings is 2. The third-order valence-electron chi connectivity index (χ3n) is 6.01. The van der Waals surface area contributed by atoms with E-state index in [-0.39, 0.29) is 29.2 Å². The second-order valence-electron chi connectivity index (χ2n) is 8.32. The van der Waals surface area contributed by atoms with Crippen molar-refractivity contribution in [1.82, 2.24) is 0 Å². The summed E-state index contributed by atoms with van der Waals surface area (Å²) in [7, 11) is 0. The largest absolute Gasteiger partial charge is 0.452 e. The molecule has 1 aliphatic carbocycles. The molecule has 32 heavy (non-hydrogen) atoms. The van der Waals surface area contributed by atoms with Crippen molar-refractivity contribution >= 4 is 46.7 Å². The summed E-state index contributed by atoms with van der Waals surface area (Å²) in [4.78, 5) is 51.1. The van der Waals surface area contributed by atoms with Gasteiger partial charge in [-0.05, 0) is 73.7 Å². The van der Waals surface area contributed by atoms with E-state index in [1.54, 1.807) is 36.4 Å². The normalized spacial score (nSPS) is 22.4. The van der Waals surface area contributed by atoms with E-state index < -0.39 is 18.5 Å². The summed E-state index contributed by atoms with van der Waals surface area (Å²) in [6, 6.07) is 12.6. The number of hydrogen-bond donors (Lipinski definition) is 1. The van der Waals surface area contributed by atoms with Crippen molar-refractivity contribution in [3.63, 3.8) is 0 Å². The number of rotatable bonds is 5. The van der Waals surface area contributed by atoms with Crippen molar-refractivity contribution in [3.8, 4) is 0 Å². The van der Waals surface area contributed by atoms with Crippen molar-refractivity contribution in [2.45, 2.75) is 26.2 Å². The first kappa shape index (κ1) is 22.0. The van der Waals surface area contributed by atoms with E-state index in [1.807, 2.05) is 0 Å². The van der Waals surface area contributed by atoms with Crippen LogP contribution in [0.5, 0.6) is 0 Å². The van der Waals surface area contributed by atoms with Gasteiger partial charge in [-0.2, -0.15) is 0 Å². The first-order chi connectivity index (χ1) is 15.3. The number of nitrogens with one attached hydrogen (secondary N) is 1. The molecule has 1 aliphatic heterocycles. The Bertz CT molecular complexity index is 1050. The van der Waals surface area contributed by atoms with Crippen molar-refractivity contribution in [2.24, 2.45) is 17.8 Å². The lowest BCUT2D eigenvalue weighted by molar-refractivity contribution is -0.122. The molecule has 7 nitrogen and oxygen atoms in total. The molecule has 1 heterocycles. The molecule has 2 aromatic carbocycles. The average molecular weight is 455 g/mol. The molecule has 0 unspecified atom stereocenters. The number of carbonyl (C=O) groups is 4. The van der Waals surface area contributed by atoms with E-state index in [1.165, 1.54) is 17.0 Å². The van der Waals surface area contributed by atoms with Crippen LogP contribution in [-0.4, -0.2) is 30.3 Å². The first-order valence-corrected chi connectivity index (χ1v) is 10.9. The molecule has 0 aromatic heterocycles. The topological polar surface area (TPSA) is 92.8 Å². The highest BCUT2D eigenvalue weighted by atomic mass is 35.5. The predicted molar refractivity (Wildman–Crippen MR) is 119 cm³/mol. The molecular formula is C24H23ClN2O5. The molecule has 4 rings (SSSR count). The summed E-state index contributed by atoms with van der Waals surface area (Å²) < 4.78 is 5.06. The third-order valence-corrected chi connectivity index (χ3v) is 6.26. The fraction of sp³-hybridized carbons (Fsp3) is 0.333. The van der Waals surface area contributed by atoms with Gasteiger partial charge < -0.3 is 10.1 Å². The minimum absolute atomic E-state index is 0.166. The highest BCUT2D eigenvalue weighted by molar-refractivity contribution is 6.30. The van der Waals surface area contributed by atoms with Crippen LogP contribution in [0.2, 0.25) is 5.02 Å². The summed E-state index contributed by atoms with van der Waals surface area (Å²) in [6.07, 6.45) is 2.41. The molecule has 2 fully saturated rings. The summed E-state index contributed by atoms with van der Waals surface area (Å²) in [5.74, 6) is -1.56. The number of nitrogens with zero attached hydrogens (tertiary/aromatic N) is 1. The fourth-order valence-electron chi connectivity index (χ4n) is 4.34. The van der Waals surface area contributed by atoms with Gasteiger partial charge in [0.05, 0.1) is 23.1 Å². The molecule has 3 atom stereocenters. The van der Waals surface area contributed by atoms with Crippen molar-refractivity contribution < 1.29 is 23.9 Å². The molecule has 1 saturated carbocycles. The number of anilines is 2. The molecule has 0 radical (unpaired) electrons. The summed E-state index contributed by atoms with van der Waals surface area (Å²) >= 11 is 5.80. The number of fused-ring (bicyclic) bond motifs is 1. The molecule has 166 valence electrons. The highest BCUT2D eigenvalue weighted by Gasteiger charge is 2.49. The van der Waals surface area contributed by atoms with Crippen LogP contribution in [0.25, 0.3) is 0 Å². The minimum Gasteiger partial charge on any atom is -0.452 e. The Morgan fingerprint density at radius 3 is 2.34 bits per heavy atom. The van der Waals surface area contributed by atoms with Gasteiger partial charge in [0.15, 0.2) is 6.61 Å². The van der Waals surface area contributed by atoms with Gasteiger partial charge in [-0.25, -0.2) is 4.79 Å². The predicted octanol–water partition coefficient (Wildman–Crippen LogP) is 4.06. The van der Waals surface area contributed by atoms with Crippen LogP contribution in [-0.2, 0) is 19.1 Å². The van der Waals surface area contributed by atoms with E-state index in [4.69, 9.17) is 16.3 Å². The van der Waals surface area contributed by atoms with Gasteiger partial charge in [0, 0.05) is 10.7 Å². The molecule has 0 spiro atoms. The Hall–Kier alpha value is -3.19. The van der Waals surface area contributed by atoms with E-state index in [0.29, 0.717) is 22.3 Å². The Balaban J connectivity index is 1.35. The summed E-state index contributed by atoms with van der Waals surface area (Å²) in [6.45, 7) is 1.65. The molecule has 8 heteroatoms. The standard InChI is InChI=1S/C24H23ClN2O5/c1-14-2-11-19-20(12-14)23(30)27(22(19)29)18-9-3-15(4-10-18)24(31)32-13-21(28)26-17-7-5-16(25)6-8-17/h3-10,14,19-20H,2,11-13H2,1H3,(H,26,28)/t14-,19-,20-/m1/s1. The number of carbonyl (C=O) groups excluding carboxylic acids is 4. The zero-order valence-electron chi connectivity index (χ0n) is 17.5. The van der Waals surface area contributed by atoms with Gasteiger partial charge >= 0.3 is 5.97 Å². The molecule has 0 bridgehead atoms. The van der Waals surface area contributed by atoms with Gasteiger partial charge in [-0.1, -0.05) is 18.5 Å². The summed E-state index contributed by atoms with van der Waals surface area (Å²) in [5.41, 5.74) is 1.20. The Kier molecular flexibility index (Phi) is 6.28. The van der Waals surface area contributed by atoms with Gasteiger partial charge in [0.2, 0.25) is 11.8 Å². The van der Waals surface area contributed by atoms with E-state index >= 15 is 0 Å². The van der Waals surface area contributed by atoms with Crippen molar-refractivity contribution in [3.05, 3.63) is 59.1 Å². The second kappa shape index (κ2) is 9.12. The Labute approximate surface area is 190 Å². The van der Waals surface area contributed by atoms with Crippen molar-refractivity contribution in [2.75, 3.05) is 16.8 Å². The zero-order valence-corrected chi connectivity index (χ0v) is 18.3. The van der Waals surface area contributed by atoms with Crippen LogP contribution >= 0.6 is 11.6 Å². The molecule has 3 amide bonds. The van der Waals surface area contributed by atoms with Crippen LogP contribution < -0.4 is 10.2 Å². The zero-order chi connectivity index (χ0) is 22.8.